The van der Waals surface area contributed by atoms with Crippen LogP contribution in [0.3, 0.4) is 0 Å². The van der Waals surface area contributed by atoms with Crippen LogP contribution < -0.4 is 0 Å². The molecule has 0 spiro atoms. The van der Waals surface area contributed by atoms with Gasteiger partial charge in [-0.05, 0) is 135 Å². The zero-order valence-corrected chi connectivity index (χ0v) is 53.4. The molecule has 0 bridgehead atoms. The Kier molecular flexibility index (Phi) is 64.9. The summed E-state index contributed by atoms with van der Waals surface area (Å²) in [6.07, 6.45) is 102. The van der Waals surface area contributed by atoms with E-state index in [2.05, 4.69) is 191 Å². The molecule has 0 rings (SSSR count). The van der Waals surface area contributed by atoms with E-state index < -0.39 is 6.10 Å². The molecule has 1 unspecified atom stereocenters. The van der Waals surface area contributed by atoms with Crippen LogP contribution in [0, 0.1) is 0 Å². The van der Waals surface area contributed by atoms with E-state index in [0.29, 0.717) is 19.3 Å². The van der Waals surface area contributed by atoms with Crippen molar-refractivity contribution in [3.05, 3.63) is 170 Å². The van der Waals surface area contributed by atoms with Crippen LogP contribution in [0.15, 0.2) is 170 Å². The molecular weight excluding hydrogens is 1020 g/mol. The third-order valence-electron chi connectivity index (χ3n) is 13.7. The monoisotopic (exact) mass is 1140 g/mol. The zero-order valence-electron chi connectivity index (χ0n) is 53.4. The largest absolute Gasteiger partial charge is 0.462 e. The molecule has 0 aliphatic rings. The van der Waals surface area contributed by atoms with Crippen LogP contribution in [0.25, 0.3) is 0 Å². The smallest absolute Gasteiger partial charge is 0.306 e. The Hall–Kier alpha value is -5.23. The highest BCUT2D eigenvalue weighted by Gasteiger charge is 2.19. The predicted molar refractivity (Wildman–Crippen MR) is 361 cm³/mol. The molecule has 83 heavy (non-hydrogen) atoms. The number of hydrogen-bond acceptors (Lipinski definition) is 6. The van der Waals surface area contributed by atoms with Gasteiger partial charge >= 0.3 is 17.9 Å². The summed E-state index contributed by atoms with van der Waals surface area (Å²) in [6, 6.07) is 0. The molecule has 0 fully saturated rings. The maximum absolute atomic E-state index is 12.9. The van der Waals surface area contributed by atoms with E-state index in [1.807, 2.05) is 0 Å². The standard InChI is InChI=1S/C77H122O6/c1-4-7-10-13-16-19-21-23-25-27-29-31-32-33-34-35-36-37-38-39-40-41-42-43-44-46-47-49-51-53-55-58-61-64-67-70-76(79)82-73-74(72-81-75(78)69-66-63-60-57-18-15-12-9-6-3)83-77(80)71-68-65-62-59-56-54-52-50-48-45-30-28-26-24-22-20-17-14-11-8-5-2/h7-8,10-11,16-17,19-20,23-26,29-31,33-34,36-37,39-40,42-43,45-47,51,53,74H,4-6,9,12-15,18,21-22,27-28,32,35,38,41,44,48-50,52,54-73H2,1-3H3/b10-7-,11-8-,19-16-,20-17-,25-23-,26-24-,31-29-,34-33-,37-36-,40-39-,43-42-,45-30-,47-46-,53-51-. The molecule has 0 radical (unpaired) electrons. The summed E-state index contributed by atoms with van der Waals surface area (Å²) in [7, 11) is 0. The van der Waals surface area contributed by atoms with Gasteiger partial charge in [0.1, 0.15) is 13.2 Å². The van der Waals surface area contributed by atoms with Gasteiger partial charge in [0.15, 0.2) is 6.10 Å². The van der Waals surface area contributed by atoms with Crippen molar-refractivity contribution < 1.29 is 28.6 Å². The van der Waals surface area contributed by atoms with E-state index >= 15 is 0 Å². The molecule has 0 aromatic heterocycles. The second-order valence-electron chi connectivity index (χ2n) is 21.6. The van der Waals surface area contributed by atoms with E-state index in [4.69, 9.17) is 14.2 Å². The number of carbonyl (C=O) groups is 3. The van der Waals surface area contributed by atoms with Crippen molar-refractivity contribution in [2.24, 2.45) is 0 Å². The molecule has 0 saturated heterocycles. The highest BCUT2D eigenvalue weighted by atomic mass is 16.6. The highest BCUT2D eigenvalue weighted by Crippen LogP contribution is 2.15. The second-order valence-corrected chi connectivity index (χ2v) is 21.6. The molecule has 0 amide bonds. The van der Waals surface area contributed by atoms with E-state index in [1.165, 1.54) is 70.6 Å². The average Bonchev–Trinajstić information content (AvgIpc) is 3.49. The lowest BCUT2D eigenvalue weighted by molar-refractivity contribution is -0.167. The minimum absolute atomic E-state index is 0.0942. The van der Waals surface area contributed by atoms with Gasteiger partial charge in [0, 0.05) is 19.3 Å². The van der Waals surface area contributed by atoms with Crippen molar-refractivity contribution in [3.63, 3.8) is 0 Å². The molecular formula is C77H122O6. The summed E-state index contributed by atoms with van der Waals surface area (Å²) >= 11 is 0. The summed E-state index contributed by atoms with van der Waals surface area (Å²) < 4.78 is 16.9. The third-order valence-corrected chi connectivity index (χ3v) is 13.7. The molecule has 0 aliphatic heterocycles. The van der Waals surface area contributed by atoms with Gasteiger partial charge in [-0.15, -0.1) is 0 Å². The van der Waals surface area contributed by atoms with E-state index in [9.17, 15) is 14.4 Å². The quantitative estimate of drug-likeness (QED) is 0.0261. The minimum Gasteiger partial charge on any atom is -0.462 e. The Bertz CT molecular complexity index is 1890. The fourth-order valence-electron chi connectivity index (χ4n) is 8.76. The molecule has 466 valence electrons. The van der Waals surface area contributed by atoms with Crippen molar-refractivity contribution in [2.45, 2.75) is 284 Å². The molecule has 0 aliphatic carbocycles. The fraction of sp³-hybridized carbons (Fsp3) is 0.597. The summed E-state index contributed by atoms with van der Waals surface area (Å²) in [5, 5.41) is 0. The summed E-state index contributed by atoms with van der Waals surface area (Å²) in [5.41, 5.74) is 0. The van der Waals surface area contributed by atoms with Gasteiger partial charge in [-0.1, -0.05) is 294 Å². The van der Waals surface area contributed by atoms with Crippen molar-refractivity contribution in [2.75, 3.05) is 13.2 Å². The summed E-state index contributed by atoms with van der Waals surface area (Å²) in [5.74, 6) is -0.934. The van der Waals surface area contributed by atoms with Crippen LogP contribution in [0.5, 0.6) is 0 Å². The Morgan fingerprint density at radius 3 is 0.735 bits per heavy atom. The van der Waals surface area contributed by atoms with Crippen LogP contribution in [-0.2, 0) is 28.6 Å². The number of esters is 3. The van der Waals surface area contributed by atoms with Crippen LogP contribution in [0.1, 0.15) is 278 Å². The maximum Gasteiger partial charge on any atom is 0.306 e. The molecule has 0 saturated carbocycles. The van der Waals surface area contributed by atoms with Crippen molar-refractivity contribution in [1.82, 2.24) is 0 Å². The van der Waals surface area contributed by atoms with Gasteiger partial charge in [-0.3, -0.25) is 14.4 Å². The van der Waals surface area contributed by atoms with Gasteiger partial charge in [-0.25, -0.2) is 0 Å². The second kappa shape index (κ2) is 69.3. The third kappa shape index (κ3) is 67.4. The van der Waals surface area contributed by atoms with Crippen LogP contribution in [-0.4, -0.2) is 37.2 Å². The zero-order chi connectivity index (χ0) is 59.9. The van der Waals surface area contributed by atoms with E-state index in [0.717, 1.165) is 167 Å². The van der Waals surface area contributed by atoms with Crippen molar-refractivity contribution in [3.8, 4) is 0 Å². The first-order valence-electron chi connectivity index (χ1n) is 33.6. The normalized spacial score (nSPS) is 13.2. The van der Waals surface area contributed by atoms with Crippen molar-refractivity contribution in [1.29, 1.82) is 0 Å². The van der Waals surface area contributed by atoms with Crippen LogP contribution >= 0.6 is 0 Å². The van der Waals surface area contributed by atoms with Crippen LogP contribution in [0.2, 0.25) is 0 Å². The molecule has 6 heteroatoms. The number of carbonyl (C=O) groups excluding carboxylic acids is 3. The van der Waals surface area contributed by atoms with E-state index in [-0.39, 0.29) is 31.1 Å². The number of ether oxygens (including phenoxy) is 3. The van der Waals surface area contributed by atoms with Crippen molar-refractivity contribution >= 4 is 17.9 Å². The van der Waals surface area contributed by atoms with Gasteiger partial charge in [0.25, 0.3) is 0 Å². The first-order chi connectivity index (χ1) is 41.0. The summed E-state index contributed by atoms with van der Waals surface area (Å²) in [6.45, 7) is 6.36. The lowest BCUT2D eigenvalue weighted by Crippen LogP contribution is -2.30. The molecule has 6 nitrogen and oxygen atoms in total. The Morgan fingerprint density at radius 1 is 0.253 bits per heavy atom. The Labute approximate surface area is 511 Å². The molecule has 0 aromatic carbocycles. The summed E-state index contributed by atoms with van der Waals surface area (Å²) in [4.78, 5) is 38.2. The molecule has 0 heterocycles. The number of hydrogen-bond donors (Lipinski definition) is 0. The number of rotatable bonds is 59. The number of allylic oxidation sites excluding steroid dienone is 28. The molecule has 0 aromatic rings. The first kappa shape index (κ1) is 77.8. The van der Waals surface area contributed by atoms with E-state index in [1.54, 1.807) is 0 Å². The topological polar surface area (TPSA) is 78.9 Å². The van der Waals surface area contributed by atoms with Gasteiger partial charge in [-0.2, -0.15) is 0 Å². The SMILES string of the molecule is CC/C=C\C/C=C\C/C=C\C/C=C\C/C=C\C/C=C\C/C=C\C/C=C\C/C=C\C/C=C\CCCCCCC(=O)OCC(COC(=O)CCCCCCCCCCC)OC(=O)CCCCCCCCCC/C=C\C/C=C\C/C=C\C/C=C\CC. The number of unbranched alkanes of at least 4 members (excludes halogenated alkanes) is 20. The minimum atomic E-state index is -0.800. The highest BCUT2D eigenvalue weighted by molar-refractivity contribution is 5.71. The van der Waals surface area contributed by atoms with Gasteiger partial charge in [0.2, 0.25) is 0 Å². The lowest BCUT2D eigenvalue weighted by Gasteiger charge is -2.18. The predicted octanol–water partition coefficient (Wildman–Crippen LogP) is 23.4. The van der Waals surface area contributed by atoms with Gasteiger partial charge < -0.3 is 14.2 Å². The Balaban J connectivity index is 4.29. The maximum atomic E-state index is 12.9. The van der Waals surface area contributed by atoms with Gasteiger partial charge in [0.05, 0.1) is 0 Å². The molecule has 1 atom stereocenters. The lowest BCUT2D eigenvalue weighted by atomic mass is 10.1. The Morgan fingerprint density at radius 2 is 0.470 bits per heavy atom. The van der Waals surface area contributed by atoms with Crippen LogP contribution in [0.4, 0.5) is 0 Å². The fourth-order valence-corrected chi connectivity index (χ4v) is 8.76. The first-order valence-corrected chi connectivity index (χ1v) is 33.6. The molecule has 0 N–H and O–H groups in total. The average molecular weight is 1140 g/mol.